The number of carboxylic acids is 1. The van der Waals surface area contributed by atoms with Crippen LogP contribution in [0.3, 0.4) is 0 Å². The number of hydrogen-bond acceptors (Lipinski definition) is 8. The van der Waals surface area contributed by atoms with Crippen molar-refractivity contribution in [1.29, 1.82) is 0 Å². The van der Waals surface area contributed by atoms with Crippen molar-refractivity contribution in [2.45, 2.75) is 43.4 Å². The first-order valence-electron chi connectivity index (χ1n) is 12.7. The van der Waals surface area contributed by atoms with Crippen LogP contribution in [-0.2, 0) is 38.4 Å². The van der Waals surface area contributed by atoms with Crippen LogP contribution in [-0.4, -0.2) is 83.6 Å². The topological polar surface area (TPSA) is 224 Å². The van der Waals surface area contributed by atoms with Gasteiger partial charge in [0.15, 0.2) is 0 Å². The second-order valence-corrected chi connectivity index (χ2v) is 9.80. The number of para-hydroxylation sites is 1. The summed E-state index contributed by atoms with van der Waals surface area (Å²) < 4.78 is 0. The third-order valence-electron chi connectivity index (χ3n) is 6.47. The Morgan fingerprint density at radius 1 is 0.829 bits per heavy atom. The Morgan fingerprint density at radius 2 is 1.44 bits per heavy atom. The first-order valence-corrected chi connectivity index (χ1v) is 13.4. The highest BCUT2D eigenvalue weighted by Crippen LogP contribution is 2.19. The molecule has 216 valence electrons. The van der Waals surface area contributed by atoms with Gasteiger partial charge in [0.25, 0.3) is 0 Å². The summed E-state index contributed by atoms with van der Waals surface area (Å²) in [5.41, 5.74) is 8.80. The number of benzene rings is 1. The number of imidazole rings is 2. The first kappa shape index (κ1) is 29.4. The monoisotopic (exact) mass is 581 g/mol. The molecule has 0 bridgehead atoms. The standard InChI is InChI=1S/C26H31N9O5S/c27-18(6-15-9-28-12-31-15)23(36)33-20(7-16-10-29-13-32-16)24(37)35-22(11-41)25(38)34-21(26(39)40)5-14-8-30-19-4-2-1-3-17(14)19/h1-4,8-10,12-13,18,20-22,30,41H,5-7,11,27H2,(H,28,31)(H,29,32)(H,33,36)(H,34,38)(H,35,37)(H,39,40). The van der Waals surface area contributed by atoms with E-state index < -0.39 is 47.9 Å². The molecule has 15 heteroatoms. The Bertz CT molecular complexity index is 1470. The van der Waals surface area contributed by atoms with Crippen LogP contribution in [0.15, 0.2) is 55.5 Å². The Morgan fingerprint density at radius 3 is 2.07 bits per heavy atom. The average molecular weight is 582 g/mol. The van der Waals surface area contributed by atoms with Crippen LogP contribution < -0.4 is 21.7 Å². The summed E-state index contributed by atoms with van der Waals surface area (Å²) in [7, 11) is 0. The number of nitrogens with one attached hydrogen (secondary N) is 6. The number of carbonyl (C=O) groups is 4. The summed E-state index contributed by atoms with van der Waals surface area (Å²) in [6, 6.07) is 2.87. The van der Waals surface area contributed by atoms with E-state index in [-0.39, 0.29) is 25.0 Å². The lowest BCUT2D eigenvalue weighted by atomic mass is 10.0. The molecule has 4 aromatic rings. The van der Waals surface area contributed by atoms with Crippen molar-refractivity contribution in [3.63, 3.8) is 0 Å². The minimum Gasteiger partial charge on any atom is -0.480 e. The summed E-state index contributed by atoms with van der Waals surface area (Å²) >= 11 is 4.19. The van der Waals surface area contributed by atoms with Crippen molar-refractivity contribution in [3.8, 4) is 0 Å². The molecule has 4 rings (SSSR count). The van der Waals surface area contributed by atoms with Gasteiger partial charge >= 0.3 is 5.97 Å². The SMILES string of the molecule is NC(Cc1cnc[nH]1)C(=O)NC(Cc1cnc[nH]1)C(=O)NC(CS)C(=O)NC(Cc1c[nH]c2ccccc12)C(=O)O. The van der Waals surface area contributed by atoms with E-state index in [1.54, 1.807) is 12.4 Å². The molecule has 0 fully saturated rings. The van der Waals surface area contributed by atoms with Crippen molar-refractivity contribution in [1.82, 2.24) is 40.9 Å². The van der Waals surface area contributed by atoms with Crippen molar-refractivity contribution >= 4 is 47.2 Å². The fraction of sp³-hybridized carbons (Fsp3) is 0.308. The number of carbonyl (C=O) groups excluding carboxylic acids is 3. The van der Waals surface area contributed by atoms with Gasteiger partial charge < -0.3 is 41.7 Å². The van der Waals surface area contributed by atoms with Gasteiger partial charge in [0.2, 0.25) is 17.7 Å². The fourth-order valence-electron chi connectivity index (χ4n) is 4.29. The molecular formula is C26H31N9O5S. The van der Waals surface area contributed by atoms with Gasteiger partial charge in [-0.3, -0.25) is 14.4 Å². The number of aliphatic carboxylic acids is 1. The highest BCUT2D eigenvalue weighted by molar-refractivity contribution is 7.80. The largest absolute Gasteiger partial charge is 0.480 e. The minimum absolute atomic E-state index is 0.0189. The molecule has 14 nitrogen and oxygen atoms in total. The fourth-order valence-corrected chi connectivity index (χ4v) is 4.55. The van der Waals surface area contributed by atoms with Crippen molar-refractivity contribution in [2.24, 2.45) is 5.73 Å². The Labute approximate surface area is 239 Å². The van der Waals surface area contributed by atoms with Crippen molar-refractivity contribution in [2.75, 3.05) is 5.75 Å². The minimum atomic E-state index is -1.26. The second kappa shape index (κ2) is 13.6. The summed E-state index contributed by atoms with van der Waals surface area (Å²) in [6.07, 6.45) is 7.86. The Kier molecular flexibility index (Phi) is 9.76. The lowest BCUT2D eigenvalue weighted by Gasteiger charge is -2.24. The molecule has 4 atom stereocenters. The second-order valence-electron chi connectivity index (χ2n) is 9.44. The maximum atomic E-state index is 13.3. The summed E-state index contributed by atoms with van der Waals surface area (Å²) in [5, 5.41) is 18.3. The molecule has 9 N–H and O–H groups in total. The highest BCUT2D eigenvalue weighted by atomic mass is 32.1. The Hall–Kier alpha value is -4.63. The summed E-state index contributed by atoms with van der Waals surface area (Å²) in [6.45, 7) is 0. The number of carboxylic acid groups (broad SMARTS) is 1. The molecule has 0 saturated heterocycles. The van der Waals surface area contributed by atoms with Crippen LogP contribution in [0.5, 0.6) is 0 Å². The molecule has 0 spiro atoms. The number of rotatable bonds is 14. The normalized spacial score (nSPS) is 14.1. The maximum Gasteiger partial charge on any atom is 0.326 e. The Balaban J connectivity index is 1.42. The molecule has 0 aliphatic heterocycles. The van der Waals surface area contributed by atoms with E-state index in [0.29, 0.717) is 17.0 Å². The van der Waals surface area contributed by atoms with Crippen LogP contribution in [0.1, 0.15) is 17.0 Å². The molecule has 3 heterocycles. The van der Waals surface area contributed by atoms with E-state index in [1.807, 2.05) is 24.3 Å². The van der Waals surface area contributed by atoms with Gasteiger partial charge in [-0.1, -0.05) is 18.2 Å². The van der Waals surface area contributed by atoms with Gasteiger partial charge in [-0.15, -0.1) is 0 Å². The number of hydrogen-bond donors (Lipinski definition) is 9. The van der Waals surface area contributed by atoms with Crippen LogP contribution in [0.4, 0.5) is 0 Å². The van der Waals surface area contributed by atoms with E-state index in [1.165, 1.54) is 18.9 Å². The number of thiol groups is 1. The molecule has 1 aromatic carbocycles. The molecule has 0 aliphatic carbocycles. The van der Waals surface area contributed by atoms with Gasteiger partial charge in [0, 0.05) is 65.9 Å². The maximum absolute atomic E-state index is 13.3. The molecule has 0 radical (unpaired) electrons. The van der Waals surface area contributed by atoms with E-state index >= 15 is 0 Å². The van der Waals surface area contributed by atoms with Crippen LogP contribution in [0.25, 0.3) is 10.9 Å². The summed E-state index contributed by atoms with van der Waals surface area (Å²) in [5.74, 6) is -3.36. The van der Waals surface area contributed by atoms with E-state index in [2.05, 4.69) is 53.5 Å². The van der Waals surface area contributed by atoms with Crippen molar-refractivity contribution < 1.29 is 24.3 Å². The predicted molar refractivity (Wildman–Crippen MR) is 152 cm³/mol. The van der Waals surface area contributed by atoms with Gasteiger partial charge in [0.1, 0.15) is 18.1 Å². The molecule has 3 amide bonds. The predicted octanol–water partition coefficient (Wildman–Crippen LogP) is -0.562. The highest BCUT2D eigenvalue weighted by Gasteiger charge is 2.30. The zero-order valence-corrected chi connectivity index (χ0v) is 22.7. The molecule has 3 aromatic heterocycles. The van der Waals surface area contributed by atoms with Gasteiger partial charge in [-0.25, -0.2) is 14.8 Å². The van der Waals surface area contributed by atoms with Crippen LogP contribution >= 0.6 is 12.6 Å². The number of fused-ring (bicyclic) bond motifs is 1. The molecular weight excluding hydrogens is 550 g/mol. The number of aromatic nitrogens is 5. The number of aromatic amines is 3. The number of nitrogens with two attached hydrogens (primary N) is 1. The van der Waals surface area contributed by atoms with Gasteiger partial charge in [-0.05, 0) is 11.6 Å². The van der Waals surface area contributed by atoms with E-state index in [4.69, 9.17) is 5.73 Å². The van der Waals surface area contributed by atoms with Crippen molar-refractivity contribution in [3.05, 3.63) is 72.5 Å². The van der Waals surface area contributed by atoms with E-state index in [0.717, 1.165) is 10.9 Å². The molecule has 0 saturated carbocycles. The van der Waals surface area contributed by atoms with E-state index in [9.17, 15) is 24.3 Å². The number of amides is 3. The lowest BCUT2D eigenvalue weighted by molar-refractivity contribution is -0.142. The molecule has 4 unspecified atom stereocenters. The van der Waals surface area contributed by atoms with Crippen LogP contribution in [0.2, 0.25) is 0 Å². The first-order chi connectivity index (χ1) is 19.7. The van der Waals surface area contributed by atoms with Gasteiger partial charge in [-0.2, -0.15) is 12.6 Å². The van der Waals surface area contributed by atoms with Crippen LogP contribution in [0, 0.1) is 0 Å². The lowest BCUT2D eigenvalue weighted by Crippen LogP contribution is -2.58. The molecule has 0 aliphatic rings. The van der Waals surface area contributed by atoms with Gasteiger partial charge in [0.05, 0.1) is 18.7 Å². The summed E-state index contributed by atoms with van der Waals surface area (Å²) in [4.78, 5) is 67.9. The quantitative estimate of drug-likeness (QED) is 0.0875. The third-order valence-corrected chi connectivity index (χ3v) is 6.84. The number of H-pyrrole nitrogens is 3. The zero-order chi connectivity index (χ0) is 29.4. The molecule has 41 heavy (non-hydrogen) atoms. The zero-order valence-electron chi connectivity index (χ0n) is 21.8. The average Bonchev–Trinajstić information content (AvgIpc) is 3.74. The third kappa shape index (κ3) is 7.73. The number of nitrogens with zero attached hydrogens (tertiary/aromatic N) is 2. The smallest absolute Gasteiger partial charge is 0.326 e.